The molecule has 2 rings (SSSR count). The number of nitrogens with one attached hydrogen (secondary N) is 1. The molecule has 0 amide bonds. The van der Waals surface area contributed by atoms with Gasteiger partial charge in [-0.3, -0.25) is 4.90 Å². The van der Waals surface area contributed by atoms with E-state index < -0.39 is 0 Å². The first-order valence-corrected chi connectivity index (χ1v) is 6.37. The number of hydrogen-bond donors (Lipinski definition) is 1. The van der Waals surface area contributed by atoms with Gasteiger partial charge in [0.1, 0.15) is 0 Å². The summed E-state index contributed by atoms with van der Waals surface area (Å²) in [7, 11) is 0. The lowest BCUT2D eigenvalue weighted by molar-refractivity contribution is -0.366. The zero-order valence-corrected chi connectivity index (χ0v) is 11.1. The van der Waals surface area contributed by atoms with Crippen LogP contribution in [0.2, 0.25) is 0 Å². The fourth-order valence-corrected chi connectivity index (χ4v) is 2.35. The normalized spacial score (nSPS) is 16.2. The van der Waals surface area contributed by atoms with Crippen molar-refractivity contribution < 1.29 is 4.74 Å². The van der Waals surface area contributed by atoms with E-state index in [1.165, 1.54) is 0 Å². The van der Waals surface area contributed by atoms with Gasteiger partial charge in [-0.2, -0.15) is 0 Å². The van der Waals surface area contributed by atoms with Gasteiger partial charge in [-0.25, -0.2) is 4.74 Å². The molecule has 0 aromatic heterocycles. The molecule has 1 N–H and O–H groups in total. The van der Waals surface area contributed by atoms with E-state index >= 15 is 0 Å². The highest BCUT2D eigenvalue weighted by Crippen LogP contribution is 2.25. The van der Waals surface area contributed by atoms with Gasteiger partial charge in [-0.05, 0) is 31.9 Å². The molecule has 0 aliphatic carbocycles. The lowest BCUT2D eigenvalue weighted by Gasteiger charge is -2.23. The van der Waals surface area contributed by atoms with E-state index in [2.05, 4.69) is 6.58 Å². The van der Waals surface area contributed by atoms with E-state index in [1.807, 2.05) is 17.3 Å². The lowest BCUT2D eigenvalue weighted by Crippen LogP contribution is -2.33. The Balaban J connectivity index is 2.48. The molecule has 0 bridgehead atoms. The Bertz CT molecular complexity index is 505. The smallest absolute Gasteiger partial charge is 0.282 e. The fraction of sp³-hybridized carbons (Fsp3) is 0.357. The first-order chi connectivity index (χ1) is 9.15. The fourth-order valence-electron chi connectivity index (χ4n) is 2.35. The van der Waals surface area contributed by atoms with Gasteiger partial charge in [0.15, 0.2) is 5.69 Å². The Morgan fingerprint density at radius 2 is 1.95 bits per heavy atom. The van der Waals surface area contributed by atoms with Gasteiger partial charge < -0.3 is 15.9 Å². The van der Waals surface area contributed by atoms with Crippen molar-refractivity contribution >= 4 is 17.2 Å². The van der Waals surface area contributed by atoms with E-state index in [-0.39, 0.29) is 5.69 Å². The van der Waals surface area contributed by atoms with Crippen LogP contribution in [-0.2, 0) is 0 Å². The average molecular weight is 260 g/mol. The predicted molar refractivity (Wildman–Crippen MR) is 77.3 cm³/mol. The van der Waals surface area contributed by atoms with Crippen LogP contribution in [0.1, 0.15) is 19.8 Å². The molecule has 5 nitrogen and oxygen atoms in total. The third-order valence-electron chi connectivity index (χ3n) is 3.21. The molecular formula is C14H18N3O2-. The van der Waals surface area contributed by atoms with Crippen molar-refractivity contribution in [3.8, 4) is 0 Å². The third-order valence-corrected chi connectivity index (χ3v) is 3.21. The highest BCUT2D eigenvalue weighted by atomic mass is 16.5. The Hall–Kier alpha value is -2.01. The molecular weight excluding hydrogens is 242 g/mol. The molecule has 102 valence electrons. The van der Waals surface area contributed by atoms with Gasteiger partial charge in [-0.15, -0.1) is 0 Å². The summed E-state index contributed by atoms with van der Waals surface area (Å²) in [5, 5.41) is 23.5. The number of para-hydroxylation sites is 2. The standard InChI is InChI=1S/C14H18N3O2/c1-11(2)14(16-9-5-6-10-16)17(19)13-8-4-3-7-12(13)15-18/h3-4,7-8,15H,1,5-6,9-10H2,2H3/q-1/b17-14-. The molecule has 0 radical (unpaired) electrons. The summed E-state index contributed by atoms with van der Waals surface area (Å²) in [6, 6.07) is 6.68. The maximum Gasteiger partial charge on any atom is 0.282 e. The molecule has 1 aliphatic heterocycles. The largest absolute Gasteiger partial charge is 0.761 e. The van der Waals surface area contributed by atoms with Gasteiger partial charge in [0, 0.05) is 5.57 Å². The van der Waals surface area contributed by atoms with Gasteiger partial charge in [0.05, 0.1) is 18.8 Å². The van der Waals surface area contributed by atoms with Crippen LogP contribution in [0.5, 0.6) is 0 Å². The van der Waals surface area contributed by atoms with Crippen LogP contribution in [0.25, 0.3) is 0 Å². The van der Waals surface area contributed by atoms with Crippen molar-refractivity contribution in [1.29, 1.82) is 0 Å². The summed E-state index contributed by atoms with van der Waals surface area (Å²) in [4.78, 5) is 2.02. The highest BCUT2D eigenvalue weighted by molar-refractivity contribution is 5.94. The number of rotatable bonds is 3. The minimum absolute atomic E-state index is 0.274. The van der Waals surface area contributed by atoms with Gasteiger partial charge >= 0.3 is 0 Å². The molecule has 0 spiro atoms. The number of hydrogen-bond acceptors (Lipinski definition) is 3. The summed E-state index contributed by atoms with van der Waals surface area (Å²) in [5.74, 6) is 0.542. The number of anilines is 1. The monoisotopic (exact) mass is 260 g/mol. The minimum Gasteiger partial charge on any atom is -0.761 e. The molecule has 1 aliphatic rings. The molecule has 0 unspecified atom stereocenters. The summed E-state index contributed by atoms with van der Waals surface area (Å²) in [6.07, 6.45) is 2.15. The zero-order valence-electron chi connectivity index (χ0n) is 11.1. The van der Waals surface area contributed by atoms with Crippen LogP contribution >= 0.6 is 0 Å². The molecule has 1 aromatic carbocycles. The molecule has 1 aromatic rings. The quantitative estimate of drug-likeness (QED) is 0.298. The van der Waals surface area contributed by atoms with Crippen molar-refractivity contribution in [3.63, 3.8) is 0 Å². The van der Waals surface area contributed by atoms with E-state index in [0.717, 1.165) is 30.7 Å². The van der Waals surface area contributed by atoms with Gasteiger partial charge in [0.2, 0.25) is 0 Å². The molecule has 0 atom stereocenters. The molecule has 1 heterocycles. The second-order valence-electron chi connectivity index (χ2n) is 4.71. The number of benzene rings is 1. The number of likely N-dealkylation sites (tertiary alicyclic amines) is 1. The van der Waals surface area contributed by atoms with Gasteiger partial charge in [-0.1, -0.05) is 18.7 Å². The summed E-state index contributed by atoms with van der Waals surface area (Å²) < 4.78 is 0.799. The van der Waals surface area contributed by atoms with E-state index in [4.69, 9.17) is 0 Å². The predicted octanol–water partition coefficient (Wildman–Crippen LogP) is 2.81. The summed E-state index contributed by atoms with van der Waals surface area (Å²) in [5.41, 5.74) is 3.11. The Labute approximate surface area is 113 Å². The van der Waals surface area contributed by atoms with Crippen molar-refractivity contribution in [3.05, 3.63) is 46.8 Å². The summed E-state index contributed by atoms with van der Waals surface area (Å²) >= 11 is 0. The van der Waals surface area contributed by atoms with E-state index in [1.54, 1.807) is 24.3 Å². The Kier molecular flexibility index (Phi) is 4.06. The summed E-state index contributed by atoms with van der Waals surface area (Å²) in [6.45, 7) is 7.40. The second kappa shape index (κ2) is 5.75. The first-order valence-electron chi connectivity index (χ1n) is 6.37. The van der Waals surface area contributed by atoms with Crippen molar-refractivity contribution in [2.75, 3.05) is 18.6 Å². The molecule has 0 saturated carbocycles. The van der Waals surface area contributed by atoms with Crippen LogP contribution in [-0.4, -0.2) is 28.6 Å². The second-order valence-corrected chi connectivity index (χ2v) is 4.71. The number of amidine groups is 1. The lowest BCUT2D eigenvalue weighted by atomic mass is 10.2. The Morgan fingerprint density at radius 3 is 2.53 bits per heavy atom. The van der Waals surface area contributed by atoms with Crippen LogP contribution in [0.4, 0.5) is 11.4 Å². The molecule has 5 heteroatoms. The van der Waals surface area contributed by atoms with E-state index in [0.29, 0.717) is 17.1 Å². The third kappa shape index (κ3) is 2.71. The van der Waals surface area contributed by atoms with Crippen molar-refractivity contribution in [2.45, 2.75) is 19.8 Å². The minimum atomic E-state index is 0.274. The first kappa shape index (κ1) is 13.4. The molecule has 1 fully saturated rings. The van der Waals surface area contributed by atoms with Crippen LogP contribution in [0.3, 0.4) is 0 Å². The van der Waals surface area contributed by atoms with Crippen LogP contribution in [0.15, 0.2) is 36.4 Å². The highest BCUT2D eigenvalue weighted by Gasteiger charge is 2.26. The molecule has 1 saturated heterocycles. The maximum atomic E-state index is 12.6. The van der Waals surface area contributed by atoms with Crippen LogP contribution < -0.4 is 5.48 Å². The maximum absolute atomic E-state index is 12.6. The number of nitrogens with zero attached hydrogens (tertiary/aromatic N) is 2. The molecule has 19 heavy (non-hydrogen) atoms. The van der Waals surface area contributed by atoms with Crippen molar-refractivity contribution in [1.82, 2.24) is 4.90 Å². The Morgan fingerprint density at radius 1 is 1.32 bits per heavy atom. The SMILES string of the molecule is C=C(C)/C(N1CCCC1)=[N+](/[O-])c1ccccc1N[O-]. The van der Waals surface area contributed by atoms with Crippen LogP contribution in [0, 0.1) is 10.4 Å². The van der Waals surface area contributed by atoms with Crippen molar-refractivity contribution in [2.24, 2.45) is 0 Å². The van der Waals surface area contributed by atoms with Gasteiger partial charge in [0.25, 0.3) is 5.84 Å². The zero-order chi connectivity index (χ0) is 13.8. The average Bonchev–Trinajstić information content (AvgIpc) is 2.92. The topological polar surface area (TPSA) is 64.4 Å². The van der Waals surface area contributed by atoms with E-state index in [9.17, 15) is 10.4 Å².